The van der Waals surface area contributed by atoms with E-state index in [9.17, 15) is 0 Å². The number of aliphatic imine (C=N–C) groups is 2. The van der Waals surface area contributed by atoms with E-state index in [0.717, 1.165) is 40.1 Å². The summed E-state index contributed by atoms with van der Waals surface area (Å²) in [5.74, 6) is 1.30. The Morgan fingerprint density at radius 1 is 0.629 bits per heavy atom. The first-order valence-corrected chi connectivity index (χ1v) is 21.5. The maximum Gasteiger partial charge on any atom is 0.146 e. The Morgan fingerprint density at radius 2 is 1.26 bits per heavy atom. The first kappa shape index (κ1) is 38.8. The lowest BCUT2D eigenvalue weighted by Gasteiger charge is -2.37. The summed E-state index contributed by atoms with van der Waals surface area (Å²) in [5, 5.41) is 0. The zero-order chi connectivity index (χ0) is 42.4. The number of nitrogens with zero attached hydrogens (tertiary/aromatic N) is 2. The highest BCUT2D eigenvalue weighted by Crippen LogP contribution is 2.59. The molecule has 0 radical (unpaired) electrons. The molecule has 0 fully saturated rings. The van der Waals surface area contributed by atoms with E-state index >= 15 is 0 Å². The van der Waals surface area contributed by atoms with Crippen LogP contribution in [0.4, 0.5) is 0 Å². The molecule has 3 aliphatic carbocycles. The standard InChI is InChI=1S/C59H48N2O/c1-6-46-19-15-23-50(47-20-10-7-16-38(47)2)51-22-12-13-24-54(51)59(46)55-30-26-41(36-60-5)32-52(55)53-33-42(27-31-56(53)59)37-61-58(40(4)62-57-25-14-8-17-39(57)3)44-28-29-49-45(35-44)34-43-18-9-11-21-48(43)49/h6-33,35H,4-5,34,36-37H2,1-3H3/b19-15-,46-6-,50-23-,61-58?. The molecule has 10 rings (SSSR count). The lowest BCUT2D eigenvalue weighted by Crippen LogP contribution is -2.31. The topological polar surface area (TPSA) is 34.0 Å². The molecule has 3 heteroatoms. The van der Waals surface area contributed by atoms with Gasteiger partial charge in [0.25, 0.3) is 0 Å². The van der Waals surface area contributed by atoms with Crippen molar-refractivity contribution in [1.82, 2.24) is 0 Å². The summed E-state index contributed by atoms with van der Waals surface area (Å²) in [4.78, 5) is 9.68. The highest BCUT2D eigenvalue weighted by Gasteiger charge is 2.48. The number of hydrogen-bond donors (Lipinski definition) is 0. The third-order valence-electron chi connectivity index (χ3n) is 13.0. The highest BCUT2D eigenvalue weighted by atomic mass is 16.5. The van der Waals surface area contributed by atoms with Crippen LogP contribution in [0.1, 0.15) is 73.7 Å². The summed E-state index contributed by atoms with van der Waals surface area (Å²) in [5.41, 5.74) is 22.0. The van der Waals surface area contributed by atoms with E-state index in [1.807, 2.05) is 18.2 Å². The van der Waals surface area contributed by atoms with Crippen molar-refractivity contribution in [3.63, 3.8) is 0 Å². The van der Waals surface area contributed by atoms with Gasteiger partial charge in [0.05, 0.1) is 18.5 Å². The van der Waals surface area contributed by atoms with E-state index in [1.54, 1.807) is 0 Å². The number of benzene rings is 7. The molecule has 7 aromatic rings. The van der Waals surface area contributed by atoms with Crippen molar-refractivity contribution in [1.29, 1.82) is 0 Å². The van der Waals surface area contributed by atoms with Crippen LogP contribution in [0.2, 0.25) is 0 Å². The van der Waals surface area contributed by atoms with Crippen LogP contribution in [0.25, 0.3) is 27.8 Å². The highest BCUT2D eigenvalue weighted by molar-refractivity contribution is 6.12. The molecule has 0 aliphatic heterocycles. The van der Waals surface area contributed by atoms with Crippen molar-refractivity contribution in [3.8, 4) is 28.0 Å². The zero-order valence-electron chi connectivity index (χ0n) is 35.6. The van der Waals surface area contributed by atoms with Crippen molar-refractivity contribution >= 4 is 18.0 Å². The van der Waals surface area contributed by atoms with Crippen LogP contribution in [-0.2, 0) is 24.9 Å². The van der Waals surface area contributed by atoms with Gasteiger partial charge in [0, 0.05) is 5.56 Å². The van der Waals surface area contributed by atoms with E-state index in [-0.39, 0.29) is 0 Å². The lowest BCUT2D eigenvalue weighted by molar-refractivity contribution is 0.453. The minimum absolute atomic E-state index is 0.444. The number of rotatable bonds is 9. The maximum atomic E-state index is 6.53. The molecule has 0 heterocycles. The Bertz CT molecular complexity index is 3100. The summed E-state index contributed by atoms with van der Waals surface area (Å²) in [6, 6.07) is 55.0. The number of hydrogen-bond acceptors (Lipinski definition) is 3. The predicted octanol–water partition coefficient (Wildman–Crippen LogP) is 13.9. The molecule has 0 bridgehead atoms. The minimum Gasteiger partial charge on any atom is -0.455 e. The molecule has 7 aromatic carbocycles. The smallest absolute Gasteiger partial charge is 0.146 e. The SMILES string of the molecule is C=NCc1ccc2c(c1)-c1cc(CN=C(C(=C)Oc3ccccc3C)c3ccc4c(c3)Cc3ccccc3-4)ccc1C21C(=C\C)/C=C\C=C(\c2ccccc2C)c2ccccc21. The average molecular weight is 801 g/mol. The molecule has 0 N–H and O–H groups in total. The summed E-state index contributed by atoms with van der Waals surface area (Å²) in [6.07, 6.45) is 10.0. The van der Waals surface area contributed by atoms with Gasteiger partial charge in [0.15, 0.2) is 0 Å². The Morgan fingerprint density at radius 3 is 1.98 bits per heavy atom. The largest absolute Gasteiger partial charge is 0.455 e. The molecule has 0 saturated carbocycles. The molecule has 300 valence electrons. The Labute approximate surface area is 365 Å². The normalized spacial score (nSPS) is 17.8. The quantitative estimate of drug-likeness (QED) is 0.106. The van der Waals surface area contributed by atoms with Crippen LogP contribution in [-0.4, -0.2) is 12.4 Å². The number of fused-ring (bicyclic) bond motifs is 10. The van der Waals surface area contributed by atoms with Crippen molar-refractivity contribution in [2.24, 2.45) is 9.98 Å². The predicted molar refractivity (Wildman–Crippen MR) is 258 cm³/mol. The molecule has 0 saturated heterocycles. The van der Waals surface area contributed by atoms with E-state index in [4.69, 9.17) is 9.73 Å². The van der Waals surface area contributed by atoms with Gasteiger partial charge in [-0.1, -0.05) is 158 Å². The second-order valence-electron chi connectivity index (χ2n) is 16.6. The molecule has 3 nitrogen and oxygen atoms in total. The third-order valence-corrected chi connectivity index (χ3v) is 13.0. The molecule has 1 unspecified atom stereocenters. The number of aryl methyl sites for hydroxylation is 2. The minimum atomic E-state index is -0.570. The Kier molecular flexibility index (Phi) is 9.96. The summed E-state index contributed by atoms with van der Waals surface area (Å²) < 4.78 is 6.53. The van der Waals surface area contributed by atoms with Gasteiger partial charge in [-0.15, -0.1) is 0 Å². The zero-order valence-corrected chi connectivity index (χ0v) is 35.6. The molecule has 0 aromatic heterocycles. The molecule has 0 amide bonds. The summed E-state index contributed by atoms with van der Waals surface area (Å²) >= 11 is 0. The second kappa shape index (κ2) is 15.9. The second-order valence-corrected chi connectivity index (χ2v) is 16.6. The van der Waals surface area contributed by atoms with Crippen LogP contribution >= 0.6 is 0 Å². The van der Waals surface area contributed by atoms with Gasteiger partial charge in [-0.05, 0) is 153 Å². The van der Waals surface area contributed by atoms with Gasteiger partial charge in [0.2, 0.25) is 0 Å². The molecule has 1 atom stereocenters. The first-order chi connectivity index (χ1) is 30.4. The number of ether oxygens (including phenoxy) is 1. The van der Waals surface area contributed by atoms with Crippen molar-refractivity contribution in [2.45, 2.75) is 45.7 Å². The number of allylic oxidation sites excluding steroid dienone is 6. The fourth-order valence-electron chi connectivity index (χ4n) is 10.1. The van der Waals surface area contributed by atoms with Crippen LogP contribution in [0.5, 0.6) is 5.75 Å². The molecule has 1 spiro atoms. The fraction of sp³-hybridized carbons (Fsp3) is 0.119. The lowest BCUT2D eigenvalue weighted by atomic mass is 9.64. The van der Waals surface area contributed by atoms with Crippen molar-refractivity contribution in [3.05, 3.63) is 261 Å². The van der Waals surface area contributed by atoms with Gasteiger partial charge in [-0.25, -0.2) is 0 Å². The Hall–Kier alpha value is -7.36. The maximum absolute atomic E-state index is 6.53. The summed E-state index contributed by atoms with van der Waals surface area (Å²) in [7, 11) is 0. The van der Waals surface area contributed by atoms with Crippen LogP contribution < -0.4 is 4.74 Å². The van der Waals surface area contributed by atoms with Crippen LogP contribution in [0, 0.1) is 13.8 Å². The fourth-order valence-corrected chi connectivity index (χ4v) is 10.1. The Balaban J connectivity index is 1.12. The molecule has 3 aliphatic rings. The van der Waals surface area contributed by atoms with E-state index in [2.05, 4.69) is 197 Å². The van der Waals surface area contributed by atoms with Crippen LogP contribution in [0.3, 0.4) is 0 Å². The third kappa shape index (κ3) is 6.44. The van der Waals surface area contributed by atoms with E-state index in [1.165, 1.54) is 77.9 Å². The van der Waals surface area contributed by atoms with Crippen molar-refractivity contribution < 1.29 is 4.74 Å². The monoisotopic (exact) mass is 800 g/mol. The van der Waals surface area contributed by atoms with E-state index < -0.39 is 5.41 Å². The van der Waals surface area contributed by atoms with Gasteiger partial charge in [0.1, 0.15) is 17.2 Å². The van der Waals surface area contributed by atoms with Gasteiger partial charge < -0.3 is 4.74 Å². The first-order valence-electron chi connectivity index (χ1n) is 21.5. The van der Waals surface area contributed by atoms with Gasteiger partial charge >= 0.3 is 0 Å². The van der Waals surface area contributed by atoms with Gasteiger partial charge in [-0.3, -0.25) is 9.98 Å². The summed E-state index contributed by atoms with van der Waals surface area (Å²) in [6.45, 7) is 15.8. The molecular weight excluding hydrogens is 753 g/mol. The number of para-hydroxylation sites is 1. The average Bonchev–Trinajstić information content (AvgIpc) is 3.80. The van der Waals surface area contributed by atoms with Crippen LogP contribution in [0.15, 0.2) is 204 Å². The van der Waals surface area contributed by atoms with Crippen molar-refractivity contribution in [2.75, 3.05) is 0 Å². The van der Waals surface area contributed by atoms with E-state index in [0.29, 0.717) is 18.8 Å². The molecular formula is C59H48N2O. The molecule has 62 heavy (non-hydrogen) atoms. The van der Waals surface area contributed by atoms with Gasteiger partial charge in [-0.2, -0.15) is 0 Å².